The minimum Gasteiger partial charge on any atom is -0.493 e. The number of rotatable bonds is 4. The van der Waals surface area contributed by atoms with Gasteiger partial charge in [-0.3, -0.25) is 0 Å². The lowest BCUT2D eigenvalue weighted by Crippen LogP contribution is -2.35. The van der Waals surface area contributed by atoms with Crippen LogP contribution in [0.25, 0.3) is 0 Å². The van der Waals surface area contributed by atoms with E-state index in [2.05, 4.69) is 28.8 Å². The lowest BCUT2D eigenvalue weighted by Gasteiger charge is -2.23. The zero-order valence-corrected chi connectivity index (χ0v) is 11.6. The molecule has 3 heteroatoms. The van der Waals surface area contributed by atoms with Gasteiger partial charge >= 0.3 is 0 Å². The van der Waals surface area contributed by atoms with Crippen LogP contribution < -0.4 is 15.4 Å². The molecule has 1 fully saturated rings. The quantitative estimate of drug-likeness (QED) is 0.870. The van der Waals surface area contributed by atoms with Crippen molar-refractivity contribution < 1.29 is 4.74 Å². The highest BCUT2D eigenvalue weighted by atomic mass is 16.5. The van der Waals surface area contributed by atoms with Gasteiger partial charge in [-0.05, 0) is 68.4 Å². The molecule has 1 atom stereocenters. The number of aryl methyl sites for hydroxylation is 1. The van der Waals surface area contributed by atoms with E-state index in [4.69, 9.17) is 4.74 Å². The Balaban J connectivity index is 1.49. The summed E-state index contributed by atoms with van der Waals surface area (Å²) >= 11 is 0. The highest BCUT2D eigenvalue weighted by Gasteiger charge is 2.13. The Morgan fingerprint density at radius 2 is 2.32 bits per heavy atom. The number of benzene rings is 1. The molecule has 19 heavy (non-hydrogen) atoms. The normalized spacial score (nSPS) is 22.6. The Morgan fingerprint density at radius 3 is 3.21 bits per heavy atom. The van der Waals surface area contributed by atoms with Crippen molar-refractivity contribution in [3.05, 3.63) is 29.3 Å². The van der Waals surface area contributed by atoms with Crippen LogP contribution in [0.5, 0.6) is 5.75 Å². The van der Waals surface area contributed by atoms with E-state index in [9.17, 15) is 0 Å². The van der Waals surface area contributed by atoms with Crippen molar-refractivity contribution in [3.8, 4) is 5.75 Å². The zero-order valence-electron chi connectivity index (χ0n) is 11.6. The molecule has 1 unspecified atom stereocenters. The summed E-state index contributed by atoms with van der Waals surface area (Å²) in [6.45, 7) is 5.34. The summed E-state index contributed by atoms with van der Waals surface area (Å²) in [5.41, 5.74) is 2.76. The smallest absolute Gasteiger partial charge is 0.122 e. The van der Waals surface area contributed by atoms with Crippen molar-refractivity contribution >= 4 is 0 Å². The molecule has 1 aromatic rings. The fraction of sp³-hybridized carbons (Fsp3) is 0.625. The predicted molar refractivity (Wildman–Crippen MR) is 77.6 cm³/mol. The second-order valence-corrected chi connectivity index (χ2v) is 5.74. The van der Waals surface area contributed by atoms with Crippen molar-refractivity contribution in [2.75, 3.05) is 26.2 Å². The number of nitrogens with one attached hydrogen (secondary N) is 2. The van der Waals surface area contributed by atoms with Gasteiger partial charge < -0.3 is 15.4 Å². The van der Waals surface area contributed by atoms with E-state index in [1.165, 1.54) is 37.1 Å². The average Bonchev–Trinajstić information content (AvgIpc) is 2.48. The first-order chi connectivity index (χ1) is 9.42. The lowest BCUT2D eigenvalue weighted by molar-refractivity contribution is 0.288. The van der Waals surface area contributed by atoms with Crippen LogP contribution in [-0.2, 0) is 13.0 Å². The van der Waals surface area contributed by atoms with E-state index in [0.717, 1.165) is 44.2 Å². The lowest BCUT2D eigenvalue weighted by atomic mass is 9.99. The summed E-state index contributed by atoms with van der Waals surface area (Å²) in [4.78, 5) is 0. The van der Waals surface area contributed by atoms with Gasteiger partial charge in [-0.1, -0.05) is 12.1 Å². The number of hydrogen-bond donors (Lipinski definition) is 2. The second kappa shape index (κ2) is 6.40. The zero-order chi connectivity index (χ0) is 12.9. The van der Waals surface area contributed by atoms with Crippen molar-refractivity contribution in [1.29, 1.82) is 0 Å². The van der Waals surface area contributed by atoms with Crippen molar-refractivity contribution in [2.24, 2.45) is 5.92 Å². The third-order valence-corrected chi connectivity index (χ3v) is 4.13. The molecular formula is C16H24N2O. The molecule has 0 bridgehead atoms. The Kier molecular flexibility index (Phi) is 4.36. The monoisotopic (exact) mass is 260 g/mol. The Bertz CT molecular complexity index is 413. The molecule has 2 heterocycles. The van der Waals surface area contributed by atoms with Gasteiger partial charge in [-0.15, -0.1) is 0 Å². The first-order valence-electron chi connectivity index (χ1n) is 7.58. The summed E-state index contributed by atoms with van der Waals surface area (Å²) in [6.07, 6.45) is 4.99. The average molecular weight is 260 g/mol. The number of piperidine rings is 1. The van der Waals surface area contributed by atoms with Gasteiger partial charge in [-0.2, -0.15) is 0 Å². The van der Waals surface area contributed by atoms with Crippen molar-refractivity contribution in [2.45, 2.75) is 32.2 Å². The first kappa shape index (κ1) is 12.9. The molecule has 2 aliphatic rings. The molecule has 1 saturated heterocycles. The largest absolute Gasteiger partial charge is 0.493 e. The van der Waals surface area contributed by atoms with Gasteiger partial charge in [0.05, 0.1) is 6.61 Å². The molecule has 3 rings (SSSR count). The maximum atomic E-state index is 5.65. The van der Waals surface area contributed by atoms with Gasteiger partial charge in [-0.25, -0.2) is 0 Å². The van der Waals surface area contributed by atoms with Crippen LogP contribution in [0, 0.1) is 5.92 Å². The van der Waals surface area contributed by atoms with Crippen LogP contribution in [-0.4, -0.2) is 26.2 Å². The molecule has 0 spiro atoms. The fourth-order valence-electron chi connectivity index (χ4n) is 3.04. The van der Waals surface area contributed by atoms with Crippen LogP contribution in [0.3, 0.4) is 0 Å². The van der Waals surface area contributed by atoms with Gasteiger partial charge in [0.25, 0.3) is 0 Å². The SMILES string of the molecule is c1cc2c(cc1CNCC1CCCNC1)CCCO2. The summed E-state index contributed by atoms with van der Waals surface area (Å²) in [5, 5.41) is 7.07. The number of fused-ring (bicyclic) bond motifs is 1. The first-order valence-corrected chi connectivity index (χ1v) is 7.58. The molecule has 0 aliphatic carbocycles. The molecule has 2 aliphatic heterocycles. The molecule has 0 radical (unpaired) electrons. The van der Waals surface area contributed by atoms with E-state index < -0.39 is 0 Å². The number of hydrogen-bond acceptors (Lipinski definition) is 3. The second-order valence-electron chi connectivity index (χ2n) is 5.74. The van der Waals surface area contributed by atoms with Gasteiger partial charge in [0.1, 0.15) is 5.75 Å². The summed E-state index contributed by atoms with van der Waals surface area (Å²) in [7, 11) is 0. The third-order valence-electron chi connectivity index (χ3n) is 4.13. The van der Waals surface area contributed by atoms with Crippen LogP contribution in [0.2, 0.25) is 0 Å². The van der Waals surface area contributed by atoms with Crippen LogP contribution >= 0.6 is 0 Å². The van der Waals surface area contributed by atoms with Crippen molar-refractivity contribution in [1.82, 2.24) is 10.6 Å². The standard InChI is InChI=1S/C16H24N2O/c1-3-14(11-17-7-1)12-18-10-13-5-6-16-15(9-13)4-2-8-19-16/h5-6,9,14,17-18H,1-4,7-8,10-12H2. The minimum atomic E-state index is 0.801. The highest BCUT2D eigenvalue weighted by Crippen LogP contribution is 2.25. The maximum absolute atomic E-state index is 5.65. The van der Waals surface area contributed by atoms with E-state index >= 15 is 0 Å². The molecule has 3 nitrogen and oxygen atoms in total. The van der Waals surface area contributed by atoms with Gasteiger partial charge in [0.2, 0.25) is 0 Å². The van der Waals surface area contributed by atoms with Crippen molar-refractivity contribution in [3.63, 3.8) is 0 Å². The van der Waals surface area contributed by atoms with Gasteiger partial charge in [0, 0.05) is 6.54 Å². The van der Waals surface area contributed by atoms with Gasteiger partial charge in [0.15, 0.2) is 0 Å². The van der Waals surface area contributed by atoms with E-state index in [1.54, 1.807) is 0 Å². The molecule has 0 aromatic heterocycles. The maximum Gasteiger partial charge on any atom is 0.122 e. The van der Waals surface area contributed by atoms with Crippen LogP contribution in [0.1, 0.15) is 30.4 Å². The molecular weight excluding hydrogens is 236 g/mol. The summed E-state index contributed by atoms with van der Waals surface area (Å²) in [5.74, 6) is 1.89. The van der Waals surface area contributed by atoms with E-state index in [-0.39, 0.29) is 0 Å². The Hall–Kier alpha value is -1.06. The summed E-state index contributed by atoms with van der Waals surface area (Å²) < 4.78 is 5.65. The van der Waals surface area contributed by atoms with E-state index in [0.29, 0.717) is 0 Å². The fourth-order valence-corrected chi connectivity index (χ4v) is 3.04. The third kappa shape index (κ3) is 3.48. The van der Waals surface area contributed by atoms with Crippen LogP contribution in [0.4, 0.5) is 0 Å². The topological polar surface area (TPSA) is 33.3 Å². The summed E-state index contributed by atoms with van der Waals surface area (Å²) in [6, 6.07) is 6.63. The molecule has 1 aromatic carbocycles. The molecule has 104 valence electrons. The Morgan fingerprint density at radius 1 is 1.32 bits per heavy atom. The minimum absolute atomic E-state index is 0.801. The highest BCUT2D eigenvalue weighted by molar-refractivity contribution is 5.38. The van der Waals surface area contributed by atoms with Crippen LogP contribution in [0.15, 0.2) is 18.2 Å². The molecule has 0 amide bonds. The predicted octanol–water partition coefficient (Wildman–Crippen LogP) is 2.10. The number of ether oxygens (including phenoxy) is 1. The Labute approximate surface area is 115 Å². The molecule has 2 N–H and O–H groups in total. The molecule has 0 saturated carbocycles. The van der Waals surface area contributed by atoms with E-state index in [1.807, 2.05) is 0 Å².